The number of hydrogen-bond donors (Lipinski definition) is 0. The Morgan fingerprint density at radius 3 is 2.88 bits per heavy atom. The van der Waals surface area contributed by atoms with E-state index in [9.17, 15) is 0 Å². The maximum absolute atomic E-state index is 5.43. The maximum Gasteiger partial charge on any atom is 0.224 e. The second kappa shape index (κ2) is 3.89. The minimum atomic E-state index is -0.0451. The van der Waals surface area contributed by atoms with Crippen molar-refractivity contribution in [2.75, 3.05) is 7.11 Å². The standard InChI is InChI=1S/C13H13N2OS/c1-15-10-7-8-17(13(10)9-14-15)12-6-4-3-5-11(12)16-2/h3-9H,1-2H3/q+1. The molecule has 0 spiro atoms. The summed E-state index contributed by atoms with van der Waals surface area (Å²) in [6, 6.07) is 10.3. The monoisotopic (exact) mass is 245 g/mol. The van der Waals surface area contributed by atoms with E-state index in [1.165, 1.54) is 15.1 Å². The number of nitrogens with zero attached hydrogens (tertiary/aromatic N) is 2. The second-order valence-corrected chi connectivity index (χ2v) is 5.64. The predicted octanol–water partition coefficient (Wildman–Crippen LogP) is 3.32. The summed E-state index contributed by atoms with van der Waals surface area (Å²) in [5, 5.41) is 6.53. The van der Waals surface area contributed by atoms with Crippen molar-refractivity contribution in [2.45, 2.75) is 0 Å². The summed E-state index contributed by atoms with van der Waals surface area (Å²) in [7, 11) is 3.64. The third-order valence-corrected chi connectivity index (χ3v) is 4.86. The van der Waals surface area contributed by atoms with Gasteiger partial charge < -0.3 is 4.74 Å². The summed E-state index contributed by atoms with van der Waals surface area (Å²) >= 11 is 0. The number of para-hydroxylation sites is 1. The fraction of sp³-hybridized carbons (Fsp3) is 0.154. The molecule has 0 aliphatic heterocycles. The first-order chi connectivity index (χ1) is 8.31. The molecule has 3 nitrogen and oxygen atoms in total. The van der Waals surface area contributed by atoms with Gasteiger partial charge in [-0.15, -0.1) is 0 Å². The Bertz CT molecular complexity index is 669. The van der Waals surface area contributed by atoms with Crippen molar-refractivity contribution in [2.24, 2.45) is 7.05 Å². The fourth-order valence-electron chi connectivity index (χ4n) is 1.98. The molecule has 17 heavy (non-hydrogen) atoms. The summed E-state index contributed by atoms with van der Waals surface area (Å²) in [5.74, 6) is 0.942. The molecule has 3 aromatic rings. The second-order valence-electron chi connectivity index (χ2n) is 3.81. The molecule has 1 unspecified atom stereocenters. The van der Waals surface area contributed by atoms with Crippen LogP contribution in [0.4, 0.5) is 0 Å². The van der Waals surface area contributed by atoms with Gasteiger partial charge in [0.25, 0.3) is 0 Å². The van der Waals surface area contributed by atoms with E-state index in [-0.39, 0.29) is 10.5 Å². The van der Waals surface area contributed by atoms with Crippen LogP contribution in [0.2, 0.25) is 0 Å². The van der Waals surface area contributed by atoms with Crippen LogP contribution in [0.5, 0.6) is 5.75 Å². The average molecular weight is 245 g/mol. The van der Waals surface area contributed by atoms with Crippen LogP contribution >= 0.6 is 10.5 Å². The lowest BCUT2D eigenvalue weighted by atomic mass is 10.3. The SMILES string of the molecule is COc1ccccc1-[s+]1ccc2c1cnn2C. The lowest BCUT2D eigenvalue weighted by molar-refractivity contribution is 0.417. The van der Waals surface area contributed by atoms with E-state index in [0.717, 1.165) is 5.75 Å². The molecular weight excluding hydrogens is 232 g/mol. The van der Waals surface area contributed by atoms with Crippen molar-refractivity contribution in [3.8, 4) is 10.6 Å². The fourth-order valence-corrected chi connectivity index (χ4v) is 3.96. The maximum atomic E-state index is 5.43. The molecule has 0 radical (unpaired) electrons. The topological polar surface area (TPSA) is 27.1 Å². The Balaban J connectivity index is 2.27. The van der Waals surface area contributed by atoms with E-state index in [2.05, 4.69) is 22.6 Å². The number of aromatic nitrogens is 2. The molecule has 2 aromatic heterocycles. The van der Waals surface area contributed by atoms with Crippen LogP contribution in [0.3, 0.4) is 0 Å². The minimum Gasteiger partial charge on any atom is -0.491 e. The first-order valence-corrected chi connectivity index (χ1v) is 6.66. The quantitative estimate of drug-likeness (QED) is 0.648. The van der Waals surface area contributed by atoms with Gasteiger partial charge >= 0.3 is 0 Å². The van der Waals surface area contributed by atoms with Crippen LogP contribution < -0.4 is 4.74 Å². The average Bonchev–Trinajstić information content (AvgIpc) is 2.93. The van der Waals surface area contributed by atoms with Crippen LogP contribution in [0.1, 0.15) is 0 Å². The van der Waals surface area contributed by atoms with Gasteiger partial charge in [0, 0.05) is 29.7 Å². The highest BCUT2D eigenvalue weighted by atomic mass is 32.2. The van der Waals surface area contributed by atoms with Crippen molar-refractivity contribution in [3.63, 3.8) is 0 Å². The third kappa shape index (κ3) is 1.52. The Labute approximate surface area is 102 Å². The molecule has 1 aromatic carbocycles. The summed E-state index contributed by atoms with van der Waals surface area (Å²) in [6.07, 6.45) is 1.95. The van der Waals surface area contributed by atoms with Crippen molar-refractivity contribution in [1.82, 2.24) is 9.78 Å². The van der Waals surface area contributed by atoms with E-state index in [1.54, 1.807) is 7.11 Å². The Hall–Kier alpha value is -1.81. The Morgan fingerprint density at radius 1 is 1.24 bits per heavy atom. The first kappa shape index (κ1) is 10.4. The van der Waals surface area contributed by atoms with Gasteiger partial charge in [0.1, 0.15) is 17.1 Å². The molecule has 3 rings (SSSR count). The molecule has 0 saturated carbocycles. The molecule has 4 heteroatoms. The van der Waals surface area contributed by atoms with Crippen LogP contribution in [-0.2, 0) is 7.05 Å². The number of ether oxygens (including phenoxy) is 1. The largest absolute Gasteiger partial charge is 0.491 e. The smallest absolute Gasteiger partial charge is 0.224 e. The zero-order chi connectivity index (χ0) is 11.8. The number of benzene rings is 1. The van der Waals surface area contributed by atoms with Crippen molar-refractivity contribution in [3.05, 3.63) is 41.9 Å². The van der Waals surface area contributed by atoms with Crippen LogP contribution in [-0.4, -0.2) is 16.9 Å². The van der Waals surface area contributed by atoms with Crippen LogP contribution in [0.25, 0.3) is 15.1 Å². The molecule has 0 saturated heterocycles. The van der Waals surface area contributed by atoms with Gasteiger partial charge in [-0.05, 0) is 6.07 Å². The van der Waals surface area contributed by atoms with Gasteiger partial charge in [-0.25, -0.2) is 0 Å². The Kier molecular flexibility index (Phi) is 2.37. The van der Waals surface area contributed by atoms with Crippen LogP contribution in [0.15, 0.2) is 41.9 Å². The van der Waals surface area contributed by atoms with Gasteiger partial charge in [-0.3, -0.25) is 4.68 Å². The first-order valence-electron chi connectivity index (χ1n) is 5.37. The van der Waals surface area contributed by atoms with Gasteiger partial charge in [-0.1, -0.05) is 12.1 Å². The van der Waals surface area contributed by atoms with Crippen molar-refractivity contribution >= 4 is 20.7 Å². The van der Waals surface area contributed by atoms with Gasteiger partial charge in [-0.2, -0.15) is 5.10 Å². The summed E-state index contributed by atoms with van der Waals surface area (Å²) in [6.45, 7) is 0. The number of rotatable bonds is 2. The minimum absolute atomic E-state index is 0.0451. The summed E-state index contributed by atoms with van der Waals surface area (Å²) in [4.78, 5) is 1.22. The lowest BCUT2D eigenvalue weighted by Gasteiger charge is -1.99. The van der Waals surface area contributed by atoms with E-state index in [0.29, 0.717) is 0 Å². The van der Waals surface area contributed by atoms with Crippen LogP contribution in [0, 0.1) is 0 Å². The van der Waals surface area contributed by atoms with E-state index < -0.39 is 0 Å². The molecule has 0 fully saturated rings. The van der Waals surface area contributed by atoms with Gasteiger partial charge in [0.05, 0.1) is 7.11 Å². The Morgan fingerprint density at radius 2 is 2.06 bits per heavy atom. The number of hydrogen-bond acceptors (Lipinski definition) is 2. The molecule has 0 bridgehead atoms. The van der Waals surface area contributed by atoms with Gasteiger partial charge in [0.15, 0.2) is 5.75 Å². The molecule has 0 aliphatic carbocycles. The summed E-state index contributed by atoms with van der Waals surface area (Å²) in [5.41, 5.74) is 1.19. The molecule has 0 amide bonds. The highest BCUT2D eigenvalue weighted by molar-refractivity contribution is 7.44. The predicted molar refractivity (Wildman–Crippen MR) is 71.1 cm³/mol. The zero-order valence-electron chi connectivity index (χ0n) is 9.75. The number of fused-ring (bicyclic) bond motifs is 1. The van der Waals surface area contributed by atoms with E-state index in [1.807, 2.05) is 36.1 Å². The molecule has 86 valence electrons. The summed E-state index contributed by atoms with van der Waals surface area (Å²) < 4.78 is 8.61. The molecule has 0 aliphatic rings. The molecule has 1 atom stereocenters. The lowest BCUT2D eigenvalue weighted by Crippen LogP contribution is -1.86. The normalized spacial score (nSPS) is 12.0. The highest BCUT2D eigenvalue weighted by Gasteiger charge is 2.21. The van der Waals surface area contributed by atoms with Gasteiger partial charge in [0.2, 0.25) is 9.60 Å². The number of thiophene rings is 1. The zero-order valence-corrected chi connectivity index (χ0v) is 10.6. The molecular formula is C13H13N2OS+. The molecule has 0 N–H and O–H groups in total. The van der Waals surface area contributed by atoms with Crippen molar-refractivity contribution in [1.29, 1.82) is 0 Å². The van der Waals surface area contributed by atoms with E-state index in [4.69, 9.17) is 4.74 Å². The molecule has 2 heterocycles. The van der Waals surface area contributed by atoms with E-state index >= 15 is 0 Å². The van der Waals surface area contributed by atoms with Crippen molar-refractivity contribution < 1.29 is 4.74 Å². The number of methoxy groups -OCH3 is 1. The number of aryl methyl sites for hydroxylation is 1. The third-order valence-electron chi connectivity index (χ3n) is 2.85. The highest BCUT2D eigenvalue weighted by Crippen LogP contribution is 2.43.